The fraction of sp³-hybridized carbons (Fsp3) is 0.786. The van der Waals surface area contributed by atoms with E-state index < -0.39 is 0 Å². The van der Waals surface area contributed by atoms with Crippen LogP contribution < -0.4 is 5.32 Å². The van der Waals surface area contributed by atoms with E-state index in [1.807, 2.05) is 13.8 Å². The molecule has 0 bridgehead atoms. The van der Waals surface area contributed by atoms with E-state index in [2.05, 4.69) is 16.8 Å². The fourth-order valence-corrected chi connectivity index (χ4v) is 3.08. The molecular formula is C14H24N2O3. The number of fused-ring (bicyclic) bond motifs is 1. The predicted octanol–water partition coefficient (Wildman–Crippen LogP) is 1.54. The number of hydrogen-bond donors (Lipinski definition) is 1. The lowest BCUT2D eigenvalue weighted by molar-refractivity contribution is 0.00234. The monoisotopic (exact) mass is 268 g/mol. The van der Waals surface area contributed by atoms with Crippen molar-refractivity contribution in [3.63, 3.8) is 0 Å². The molecule has 0 aliphatic carbocycles. The van der Waals surface area contributed by atoms with Crippen LogP contribution in [0.15, 0.2) is 12.2 Å². The molecule has 5 heteroatoms. The van der Waals surface area contributed by atoms with Crippen molar-refractivity contribution in [2.45, 2.75) is 44.4 Å². The van der Waals surface area contributed by atoms with Crippen molar-refractivity contribution >= 4 is 6.09 Å². The average Bonchev–Trinajstić information content (AvgIpc) is 2.78. The highest BCUT2D eigenvalue weighted by Gasteiger charge is 2.51. The first-order chi connectivity index (χ1) is 8.95. The minimum absolute atomic E-state index is 0.0277. The maximum absolute atomic E-state index is 11.3. The molecule has 0 aromatic heterocycles. The number of carbonyl (C=O) groups excluding carboxylic acids is 1. The van der Waals surface area contributed by atoms with Gasteiger partial charge in [-0.15, -0.1) is 0 Å². The van der Waals surface area contributed by atoms with Gasteiger partial charge in [0, 0.05) is 26.6 Å². The Balaban J connectivity index is 2.01. The zero-order valence-corrected chi connectivity index (χ0v) is 12.1. The van der Waals surface area contributed by atoms with Gasteiger partial charge in [-0.1, -0.05) is 12.2 Å². The Morgan fingerprint density at radius 2 is 2.37 bits per heavy atom. The van der Waals surface area contributed by atoms with Gasteiger partial charge in [-0.25, -0.2) is 4.79 Å². The van der Waals surface area contributed by atoms with E-state index >= 15 is 0 Å². The lowest BCUT2D eigenvalue weighted by Crippen LogP contribution is -2.43. The number of carbonyl (C=O) groups is 1. The van der Waals surface area contributed by atoms with Gasteiger partial charge < -0.3 is 14.8 Å². The van der Waals surface area contributed by atoms with Crippen molar-refractivity contribution < 1.29 is 14.3 Å². The molecular weight excluding hydrogens is 244 g/mol. The molecule has 1 amide bonds. The third-order valence-corrected chi connectivity index (χ3v) is 3.86. The van der Waals surface area contributed by atoms with Crippen LogP contribution in [-0.4, -0.2) is 55.5 Å². The summed E-state index contributed by atoms with van der Waals surface area (Å²) in [5.74, 6) is 0. The highest BCUT2D eigenvalue weighted by molar-refractivity contribution is 5.66. The second-order valence-electron chi connectivity index (χ2n) is 5.87. The molecule has 5 nitrogen and oxygen atoms in total. The first-order valence-electron chi connectivity index (χ1n) is 6.87. The van der Waals surface area contributed by atoms with E-state index in [1.165, 1.54) is 5.57 Å². The third kappa shape index (κ3) is 3.09. The van der Waals surface area contributed by atoms with Crippen LogP contribution in [0, 0.1) is 0 Å². The Kier molecular flexibility index (Phi) is 4.16. The Morgan fingerprint density at radius 1 is 1.63 bits per heavy atom. The lowest BCUT2D eigenvalue weighted by atomic mass is 9.93. The first-order valence-corrected chi connectivity index (χ1v) is 6.87. The van der Waals surface area contributed by atoms with E-state index in [4.69, 9.17) is 9.47 Å². The van der Waals surface area contributed by atoms with E-state index in [0.29, 0.717) is 6.61 Å². The zero-order chi connectivity index (χ0) is 14.0. The van der Waals surface area contributed by atoms with Crippen LogP contribution in [0.3, 0.4) is 0 Å². The highest BCUT2D eigenvalue weighted by atomic mass is 16.6. The van der Waals surface area contributed by atoms with Crippen LogP contribution in [0.1, 0.15) is 26.7 Å². The summed E-state index contributed by atoms with van der Waals surface area (Å²) >= 11 is 0. The summed E-state index contributed by atoms with van der Waals surface area (Å²) in [6.07, 6.45) is 1.57. The number of nitrogens with zero attached hydrogens (tertiary/aromatic N) is 1. The van der Waals surface area contributed by atoms with E-state index in [1.54, 1.807) is 7.05 Å². The summed E-state index contributed by atoms with van der Waals surface area (Å²) in [5, 5.41) is 2.50. The van der Waals surface area contributed by atoms with E-state index in [0.717, 1.165) is 25.9 Å². The minimum atomic E-state index is -0.357. The second-order valence-corrected chi connectivity index (χ2v) is 5.87. The summed E-state index contributed by atoms with van der Waals surface area (Å²) in [7, 11) is 1.58. The Morgan fingerprint density at radius 3 is 3.00 bits per heavy atom. The molecule has 1 N–H and O–H groups in total. The first kappa shape index (κ1) is 14.3. The molecule has 2 aliphatic heterocycles. The van der Waals surface area contributed by atoms with Crippen molar-refractivity contribution in [3.8, 4) is 0 Å². The van der Waals surface area contributed by atoms with Crippen molar-refractivity contribution in [2.75, 3.05) is 26.7 Å². The largest absolute Gasteiger partial charge is 0.445 e. The van der Waals surface area contributed by atoms with Gasteiger partial charge in [-0.2, -0.15) is 0 Å². The van der Waals surface area contributed by atoms with Crippen LogP contribution in [-0.2, 0) is 9.47 Å². The van der Waals surface area contributed by atoms with Crippen LogP contribution in [0.4, 0.5) is 4.79 Å². The van der Waals surface area contributed by atoms with Crippen molar-refractivity contribution in [2.24, 2.45) is 0 Å². The van der Waals surface area contributed by atoms with Gasteiger partial charge in [0.2, 0.25) is 0 Å². The quantitative estimate of drug-likeness (QED) is 0.786. The molecule has 19 heavy (non-hydrogen) atoms. The third-order valence-electron chi connectivity index (χ3n) is 3.86. The number of amides is 1. The Hall–Kier alpha value is -1.07. The lowest BCUT2D eigenvalue weighted by Gasteiger charge is -2.31. The smallest absolute Gasteiger partial charge is 0.407 e. The summed E-state index contributed by atoms with van der Waals surface area (Å²) in [6.45, 7) is 10.5. The average molecular weight is 268 g/mol. The summed E-state index contributed by atoms with van der Waals surface area (Å²) in [6, 6.07) is 0. The molecule has 2 aliphatic rings. The van der Waals surface area contributed by atoms with Crippen LogP contribution in [0.2, 0.25) is 0 Å². The van der Waals surface area contributed by atoms with Crippen molar-refractivity contribution in [1.29, 1.82) is 0 Å². The van der Waals surface area contributed by atoms with Crippen molar-refractivity contribution in [1.82, 2.24) is 10.2 Å². The molecule has 0 radical (unpaired) electrons. The molecule has 2 atom stereocenters. The zero-order valence-electron chi connectivity index (χ0n) is 12.1. The van der Waals surface area contributed by atoms with Gasteiger partial charge in [0.1, 0.15) is 6.10 Å². The van der Waals surface area contributed by atoms with Crippen LogP contribution >= 0.6 is 0 Å². The van der Waals surface area contributed by atoms with Gasteiger partial charge >= 0.3 is 6.09 Å². The summed E-state index contributed by atoms with van der Waals surface area (Å²) < 4.78 is 11.2. The molecule has 0 aromatic carbocycles. The standard InChI is InChI=1S/C14H24N2O3/c1-10(2)18-9-14-5-11(3)7-16(14)8-12(6-14)19-13(17)15-4/h10,12H,3,5-9H2,1-2,4H3,(H,15,17)/t12-,14+/m0/s1. The van der Waals surface area contributed by atoms with E-state index in [9.17, 15) is 4.79 Å². The number of alkyl carbamates (subject to hydrolysis) is 1. The molecule has 2 heterocycles. The maximum Gasteiger partial charge on any atom is 0.407 e. The number of ether oxygens (including phenoxy) is 2. The fourth-order valence-electron chi connectivity index (χ4n) is 3.08. The molecule has 0 unspecified atom stereocenters. The number of hydrogen-bond acceptors (Lipinski definition) is 4. The molecule has 0 aromatic rings. The molecule has 2 saturated heterocycles. The second kappa shape index (κ2) is 5.51. The Labute approximate surface area is 114 Å². The minimum Gasteiger partial charge on any atom is -0.445 e. The van der Waals surface area contributed by atoms with Gasteiger partial charge in [-0.3, -0.25) is 4.90 Å². The molecule has 108 valence electrons. The molecule has 0 saturated carbocycles. The van der Waals surface area contributed by atoms with Crippen LogP contribution in [0.25, 0.3) is 0 Å². The van der Waals surface area contributed by atoms with E-state index in [-0.39, 0.29) is 23.8 Å². The number of nitrogens with one attached hydrogen (secondary N) is 1. The van der Waals surface area contributed by atoms with Gasteiger partial charge in [0.05, 0.1) is 18.2 Å². The predicted molar refractivity (Wildman–Crippen MR) is 73.1 cm³/mol. The summed E-state index contributed by atoms with van der Waals surface area (Å²) in [5.41, 5.74) is 1.21. The molecule has 2 fully saturated rings. The normalized spacial score (nSPS) is 30.7. The maximum atomic E-state index is 11.3. The van der Waals surface area contributed by atoms with Crippen molar-refractivity contribution in [3.05, 3.63) is 12.2 Å². The number of rotatable bonds is 4. The van der Waals surface area contributed by atoms with Gasteiger partial charge in [0.25, 0.3) is 0 Å². The van der Waals surface area contributed by atoms with Gasteiger partial charge in [-0.05, 0) is 20.3 Å². The highest BCUT2D eigenvalue weighted by Crippen LogP contribution is 2.42. The van der Waals surface area contributed by atoms with Gasteiger partial charge in [0.15, 0.2) is 0 Å². The summed E-state index contributed by atoms with van der Waals surface area (Å²) in [4.78, 5) is 13.7. The Bertz CT molecular complexity index is 370. The van der Waals surface area contributed by atoms with Crippen LogP contribution in [0.5, 0.6) is 0 Å². The molecule has 0 spiro atoms. The topological polar surface area (TPSA) is 50.8 Å². The SMILES string of the molecule is C=C1CN2C[C@@H](OC(=O)NC)C[C@@]2(COC(C)C)C1. The molecule has 2 rings (SSSR count).